The number of benzene rings is 1. The van der Waals surface area contributed by atoms with E-state index in [1.165, 1.54) is 6.42 Å². The first-order valence-corrected chi connectivity index (χ1v) is 7.37. The number of anilines is 2. The van der Waals surface area contributed by atoms with Crippen molar-refractivity contribution in [3.8, 4) is 0 Å². The van der Waals surface area contributed by atoms with Gasteiger partial charge in [0.05, 0.1) is 16.9 Å². The van der Waals surface area contributed by atoms with Crippen LogP contribution in [0.1, 0.15) is 54.9 Å². The highest BCUT2D eigenvalue weighted by Gasteiger charge is 2.25. The van der Waals surface area contributed by atoms with Crippen LogP contribution in [-0.2, 0) is 4.74 Å². The van der Waals surface area contributed by atoms with E-state index in [0.29, 0.717) is 22.9 Å². The van der Waals surface area contributed by atoms with E-state index >= 15 is 0 Å². The predicted octanol–water partition coefficient (Wildman–Crippen LogP) is 3.29. The summed E-state index contributed by atoms with van der Waals surface area (Å²) in [4.78, 5) is 12.3. The van der Waals surface area contributed by atoms with Gasteiger partial charge in [-0.15, -0.1) is 0 Å². The van der Waals surface area contributed by atoms with Gasteiger partial charge in [-0.3, -0.25) is 0 Å². The average Bonchev–Trinajstić information content (AvgIpc) is 2.43. The molecule has 2 rings (SSSR count). The highest BCUT2D eigenvalue weighted by molar-refractivity contribution is 5.98. The number of aryl methyl sites for hydroxylation is 1. The third kappa shape index (κ3) is 3.24. The molecule has 4 nitrogen and oxygen atoms in total. The van der Waals surface area contributed by atoms with Crippen molar-refractivity contribution in [2.24, 2.45) is 5.92 Å². The lowest BCUT2D eigenvalue weighted by Gasteiger charge is -2.28. The molecule has 0 saturated heterocycles. The Bertz CT molecular complexity index is 499. The molecule has 0 bridgehead atoms. The average molecular weight is 276 g/mol. The quantitative estimate of drug-likeness (QED) is 0.656. The van der Waals surface area contributed by atoms with Gasteiger partial charge < -0.3 is 16.2 Å². The first kappa shape index (κ1) is 14.7. The maximum atomic E-state index is 12.3. The van der Waals surface area contributed by atoms with Crippen molar-refractivity contribution in [2.75, 3.05) is 11.5 Å². The molecule has 2 atom stereocenters. The Morgan fingerprint density at radius 2 is 2.10 bits per heavy atom. The molecule has 4 N–H and O–H groups in total. The second kappa shape index (κ2) is 6.16. The fraction of sp³-hybridized carbons (Fsp3) is 0.562. The normalized spacial score (nSPS) is 22.5. The summed E-state index contributed by atoms with van der Waals surface area (Å²) in [6.45, 7) is 4.08. The van der Waals surface area contributed by atoms with Crippen molar-refractivity contribution < 1.29 is 9.53 Å². The van der Waals surface area contributed by atoms with E-state index in [-0.39, 0.29) is 12.1 Å². The van der Waals surface area contributed by atoms with E-state index in [1.54, 1.807) is 12.1 Å². The number of carbonyl (C=O) groups is 1. The molecule has 1 aromatic rings. The van der Waals surface area contributed by atoms with Crippen molar-refractivity contribution in [3.05, 3.63) is 23.3 Å². The predicted molar refractivity (Wildman–Crippen MR) is 81.5 cm³/mol. The molecule has 1 fully saturated rings. The van der Waals surface area contributed by atoms with E-state index < -0.39 is 0 Å². The zero-order chi connectivity index (χ0) is 14.7. The number of nitrogen functional groups attached to an aromatic ring is 2. The monoisotopic (exact) mass is 276 g/mol. The van der Waals surface area contributed by atoms with Crippen LogP contribution in [-0.4, -0.2) is 12.1 Å². The lowest BCUT2D eigenvalue weighted by molar-refractivity contribution is 0.0141. The molecule has 0 heterocycles. The zero-order valence-corrected chi connectivity index (χ0v) is 12.3. The molecule has 110 valence electrons. The maximum Gasteiger partial charge on any atom is 0.340 e. The van der Waals surface area contributed by atoms with Crippen LogP contribution in [0, 0.1) is 12.8 Å². The van der Waals surface area contributed by atoms with Gasteiger partial charge in [0, 0.05) is 0 Å². The number of esters is 1. The van der Waals surface area contributed by atoms with Gasteiger partial charge in [0.1, 0.15) is 6.10 Å². The Morgan fingerprint density at radius 1 is 1.35 bits per heavy atom. The molecule has 1 saturated carbocycles. The highest BCUT2D eigenvalue weighted by Crippen LogP contribution is 2.30. The van der Waals surface area contributed by atoms with Crippen LogP contribution in [0.15, 0.2) is 12.1 Å². The summed E-state index contributed by atoms with van der Waals surface area (Å²) in [7, 11) is 0. The lowest BCUT2D eigenvalue weighted by Crippen LogP contribution is -2.26. The summed E-state index contributed by atoms with van der Waals surface area (Å²) in [5.41, 5.74) is 13.8. The first-order valence-electron chi connectivity index (χ1n) is 7.37. The standard InChI is InChI=1S/C16H24N2O2/c1-3-11-5-4-6-12(9-11)20-16(19)13-7-10(2)8-14(17)15(13)18/h7-8,11-12H,3-6,9,17-18H2,1-2H3. The van der Waals surface area contributed by atoms with Gasteiger partial charge in [-0.1, -0.05) is 19.8 Å². The Kier molecular flexibility index (Phi) is 4.53. The molecule has 0 aliphatic heterocycles. The number of hydrogen-bond donors (Lipinski definition) is 2. The number of carbonyl (C=O) groups excluding carboxylic acids is 1. The summed E-state index contributed by atoms with van der Waals surface area (Å²) in [6, 6.07) is 3.51. The molecular formula is C16H24N2O2. The fourth-order valence-electron chi connectivity index (χ4n) is 2.93. The van der Waals surface area contributed by atoms with E-state index in [9.17, 15) is 4.79 Å². The minimum atomic E-state index is -0.348. The number of nitrogens with two attached hydrogens (primary N) is 2. The van der Waals surface area contributed by atoms with Gasteiger partial charge in [-0.05, 0) is 49.8 Å². The van der Waals surface area contributed by atoms with Crippen LogP contribution < -0.4 is 11.5 Å². The van der Waals surface area contributed by atoms with Crippen molar-refractivity contribution in [1.82, 2.24) is 0 Å². The molecule has 0 aromatic heterocycles. The molecule has 1 aliphatic rings. The van der Waals surface area contributed by atoms with Crippen LogP contribution in [0.25, 0.3) is 0 Å². The maximum absolute atomic E-state index is 12.3. The first-order chi connectivity index (χ1) is 9.51. The molecule has 1 aromatic carbocycles. The SMILES string of the molecule is CCC1CCCC(OC(=O)c2cc(C)cc(N)c2N)C1. The summed E-state index contributed by atoms with van der Waals surface area (Å²) in [6.07, 6.45) is 5.44. The van der Waals surface area contributed by atoms with Gasteiger partial charge in [0.15, 0.2) is 0 Å². The van der Waals surface area contributed by atoms with Crippen LogP contribution in [0.2, 0.25) is 0 Å². The summed E-state index contributed by atoms with van der Waals surface area (Å²) in [5.74, 6) is 0.320. The van der Waals surface area contributed by atoms with Gasteiger partial charge in [-0.2, -0.15) is 0 Å². The second-order valence-electron chi connectivity index (χ2n) is 5.78. The Hall–Kier alpha value is -1.71. The molecule has 1 aliphatic carbocycles. The smallest absolute Gasteiger partial charge is 0.340 e. The molecule has 0 radical (unpaired) electrons. The third-order valence-corrected chi connectivity index (χ3v) is 4.16. The molecule has 4 heteroatoms. The topological polar surface area (TPSA) is 78.3 Å². The van der Waals surface area contributed by atoms with E-state index in [4.69, 9.17) is 16.2 Å². The van der Waals surface area contributed by atoms with Crippen molar-refractivity contribution in [3.63, 3.8) is 0 Å². The largest absolute Gasteiger partial charge is 0.459 e. The fourth-order valence-corrected chi connectivity index (χ4v) is 2.93. The molecular weight excluding hydrogens is 252 g/mol. The third-order valence-electron chi connectivity index (χ3n) is 4.16. The molecule has 0 spiro atoms. The van der Waals surface area contributed by atoms with Crippen LogP contribution >= 0.6 is 0 Å². The van der Waals surface area contributed by atoms with Gasteiger partial charge in [0.2, 0.25) is 0 Å². The van der Waals surface area contributed by atoms with Gasteiger partial charge in [0.25, 0.3) is 0 Å². The van der Waals surface area contributed by atoms with Crippen molar-refractivity contribution in [1.29, 1.82) is 0 Å². The highest BCUT2D eigenvalue weighted by atomic mass is 16.5. The van der Waals surface area contributed by atoms with Crippen molar-refractivity contribution in [2.45, 2.75) is 52.1 Å². The minimum absolute atomic E-state index is 0.0161. The van der Waals surface area contributed by atoms with Gasteiger partial charge in [-0.25, -0.2) is 4.79 Å². The van der Waals surface area contributed by atoms with Crippen LogP contribution in [0.3, 0.4) is 0 Å². The second-order valence-corrected chi connectivity index (χ2v) is 5.78. The molecule has 2 unspecified atom stereocenters. The summed E-state index contributed by atoms with van der Waals surface area (Å²) >= 11 is 0. The van der Waals surface area contributed by atoms with E-state index in [1.807, 2.05) is 6.92 Å². The zero-order valence-electron chi connectivity index (χ0n) is 12.3. The number of hydrogen-bond acceptors (Lipinski definition) is 4. The van der Waals surface area contributed by atoms with Crippen LogP contribution in [0.4, 0.5) is 11.4 Å². The van der Waals surface area contributed by atoms with E-state index in [0.717, 1.165) is 31.2 Å². The Morgan fingerprint density at radius 3 is 2.80 bits per heavy atom. The summed E-state index contributed by atoms with van der Waals surface area (Å²) in [5, 5.41) is 0. The summed E-state index contributed by atoms with van der Waals surface area (Å²) < 4.78 is 5.63. The molecule has 0 amide bonds. The van der Waals surface area contributed by atoms with E-state index in [2.05, 4.69) is 6.92 Å². The number of rotatable bonds is 3. The van der Waals surface area contributed by atoms with Crippen LogP contribution in [0.5, 0.6) is 0 Å². The lowest BCUT2D eigenvalue weighted by atomic mass is 9.85. The Labute approximate surface area is 120 Å². The van der Waals surface area contributed by atoms with Gasteiger partial charge >= 0.3 is 5.97 Å². The minimum Gasteiger partial charge on any atom is -0.459 e. The molecule has 20 heavy (non-hydrogen) atoms. The van der Waals surface area contributed by atoms with Crippen molar-refractivity contribution >= 4 is 17.3 Å². The Balaban J connectivity index is 2.08. The number of ether oxygens (including phenoxy) is 1.